The van der Waals surface area contributed by atoms with Crippen LogP contribution in [0.2, 0.25) is 0 Å². The number of sulfonamides is 1. The Labute approximate surface area is 116 Å². The first kappa shape index (κ1) is 15.1. The lowest BCUT2D eigenvalue weighted by Crippen LogP contribution is -2.42. The maximum atomic E-state index is 13.6. The van der Waals surface area contributed by atoms with E-state index in [9.17, 15) is 22.0 Å². The van der Waals surface area contributed by atoms with Crippen molar-refractivity contribution in [3.8, 4) is 0 Å². The molecule has 0 spiro atoms. The van der Waals surface area contributed by atoms with Crippen LogP contribution in [0.3, 0.4) is 0 Å². The highest BCUT2D eigenvalue weighted by molar-refractivity contribution is 7.89. The topological polar surface area (TPSA) is 54.5 Å². The molecule has 20 heavy (non-hydrogen) atoms. The number of hydrogen-bond acceptors (Lipinski definition) is 3. The van der Waals surface area contributed by atoms with Crippen molar-refractivity contribution in [2.24, 2.45) is 5.92 Å². The Bertz CT molecular complexity index is 631. The second-order valence-corrected chi connectivity index (χ2v) is 6.79. The van der Waals surface area contributed by atoms with Crippen LogP contribution in [-0.2, 0) is 14.8 Å². The van der Waals surface area contributed by atoms with Crippen LogP contribution < -0.4 is 0 Å². The molecule has 0 saturated carbocycles. The van der Waals surface area contributed by atoms with Gasteiger partial charge in [-0.05, 0) is 38.0 Å². The number of nitrogens with zero attached hydrogens (tertiary/aromatic N) is 1. The first-order valence-electron chi connectivity index (χ1n) is 6.28. The predicted molar refractivity (Wildman–Crippen MR) is 68.5 cm³/mol. The molecule has 1 aromatic carbocycles. The maximum Gasteiger partial charge on any atom is 0.246 e. The highest BCUT2D eigenvalue weighted by Crippen LogP contribution is 2.26. The van der Waals surface area contributed by atoms with Crippen LogP contribution in [0, 0.1) is 17.6 Å². The molecule has 1 fully saturated rings. The molecule has 1 aromatic rings. The first-order chi connectivity index (χ1) is 9.32. The number of halogens is 2. The largest absolute Gasteiger partial charge is 0.300 e. The van der Waals surface area contributed by atoms with Gasteiger partial charge in [0.1, 0.15) is 22.3 Å². The number of ketones is 1. The summed E-state index contributed by atoms with van der Waals surface area (Å²) in [7, 11) is -4.12. The van der Waals surface area contributed by atoms with Crippen molar-refractivity contribution in [2.75, 3.05) is 13.1 Å². The van der Waals surface area contributed by atoms with Crippen LogP contribution in [0.4, 0.5) is 8.78 Å². The fourth-order valence-electron chi connectivity index (χ4n) is 2.31. The van der Waals surface area contributed by atoms with E-state index < -0.39 is 26.6 Å². The Balaban J connectivity index is 2.35. The molecule has 2 rings (SSSR count). The summed E-state index contributed by atoms with van der Waals surface area (Å²) >= 11 is 0. The molecular weight excluding hydrogens is 288 g/mol. The van der Waals surface area contributed by atoms with Crippen molar-refractivity contribution in [1.29, 1.82) is 0 Å². The van der Waals surface area contributed by atoms with E-state index in [1.165, 1.54) is 6.92 Å². The molecule has 1 aliphatic rings. The van der Waals surface area contributed by atoms with E-state index >= 15 is 0 Å². The summed E-state index contributed by atoms with van der Waals surface area (Å²) in [6.07, 6.45) is 1.15. The first-order valence-corrected chi connectivity index (χ1v) is 7.72. The molecule has 0 aliphatic carbocycles. The summed E-state index contributed by atoms with van der Waals surface area (Å²) in [5.41, 5.74) is 0. The average molecular weight is 303 g/mol. The van der Waals surface area contributed by atoms with Gasteiger partial charge in [-0.25, -0.2) is 17.2 Å². The molecule has 0 bridgehead atoms. The minimum Gasteiger partial charge on any atom is -0.300 e. The van der Waals surface area contributed by atoms with Gasteiger partial charge in [-0.15, -0.1) is 0 Å². The molecule has 0 radical (unpaired) electrons. The van der Waals surface area contributed by atoms with E-state index in [1.807, 2.05) is 0 Å². The van der Waals surface area contributed by atoms with Crippen LogP contribution in [0.25, 0.3) is 0 Å². The fraction of sp³-hybridized carbons (Fsp3) is 0.462. The second-order valence-electron chi connectivity index (χ2n) is 4.89. The molecule has 7 heteroatoms. The van der Waals surface area contributed by atoms with Crippen LogP contribution in [0.15, 0.2) is 23.1 Å². The number of benzene rings is 1. The summed E-state index contributed by atoms with van der Waals surface area (Å²) < 4.78 is 52.5. The lowest BCUT2D eigenvalue weighted by Gasteiger charge is -2.30. The summed E-state index contributed by atoms with van der Waals surface area (Å²) in [5.74, 6) is -2.28. The number of piperidine rings is 1. The molecule has 110 valence electrons. The molecule has 1 saturated heterocycles. The van der Waals surface area contributed by atoms with E-state index in [2.05, 4.69) is 0 Å². The standard InChI is InChI=1S/C13H15F2NO3S/c1-9(17)10-3-2-6-16(8-10)20(18,19)13-7-11(14)4-5-12(13)15/h4-5,7,10H,2-3,6,8H2,1H3. The van der Waals surface area contributed by atoms with Crippen LogP contribution in [0.1, 0.15) is 19.8 Å². The summed E-state index contributed by atoms with van der Waals surface area (Å²) in [5, 5.41) is 0. The summed E-state index contributed by atoms with van der Waals surface area (Å²) in [6, 6.07) is 2.32. The Morgan fingerprint density at radius 3 is 2.70 bits per heavy atom. The lowest BCUT2D eigenvalue weighted by molar-refractivity contribution is -0.121. The van der Waals surface area contributed by atoms with E-state index in [4.69, 9.17) is 0 Å². The molecule has 1 unspecified atom stereocenters. The van der Waals surface area contributed by atoms with Gasteiger partial charge in [-0.2, -0.15) is 4.31 Å². The quantitative estimate of drug-likeness (QED) is 0.857. The molecule has 0 aromatic heterocycles. The minimum atomic E-state index is -4.12. The molecule has 1 atom stereocenters. The third-order valence-electron chi connectivity index (χ3n) is 3.47. The number of rotatable bonds is 3. The zero-order valence-corrected chi connectivity index (χ0v) is 11.8. The van der Waals surface area contributed by atoms with Crippen molar-refractivity contribution in [1.82, 2.24) is 4.31 Å². The molecule has 1 aliphatic heterocycles. The second kappa shape index (κ2) is 5.57. The Morgan fingerprint density at radius 2 is 2.05 bits per heavy atom. The van der Waals surface area contributed by atoms with Crippen molar-refractivity contribution in [2.45, 2.75) is 24.7 Å². The van der Waals surface area contributed by atoms with Gasteiger partial charge in [-0.1, -0.05) is 0 Å². The average Bonchev–Trinajstić information content (AvgIpc) is 2.41. The fourth-order valence-corrected chi connectivity index (χ4v) is 3.91. The van der Waals surface area contributed by atoms with E-state index in [-0.39, 0.29) is 24.8 Å². The highest BCUT2D eigenvalue weighted by Gasteiger charge is 2.33. The number of Topliss-reactive ketones (excluding diaryl/α,β-unsaturated/α-hetero) is 1. The van der Waals surface area contributed by atoms with Crippen molar-refractivity contribution >= 4 is 15.8 Å². The third kappa shape index (κ3) is 2.88. The smallest absolute Gasteiger partial charge is 0.246 e. The zero-order valence-electron chi connectivity index (χ0n) is 11.0. The van der Waals surface area contributed by atoms with E-state index in [0.717, 1.165) is 16.4 Å². The van der Waals surface area contributed by atoms with Crippen molar-refractivity contribution in [3.05, 3.63) is 29.8 Å². The SMILES string of the molecule is CC(=O)C1CCCN(S(=O)(=O)c2cc(F)ccc2F)C1. The van der Waals surface area contributed by atoms with Gasteiger partial charge in [0.2, 0.25) is 10.0 Å². The Hall–Kier alpha value is -1.34. The highest BCUT2D eigenvalue weighted by atomic mass is 32.2. The van der Waals surface area contributed by atoms with Gasteiger partial charge in [0, 0.05) is 19.0 Å². The molecule has 1 heterocycles. The predicted octanol–water partition coefficient (Wildman–Crippen LogP) is 1.95. The monoisotopic (exact) mass is 303 g/mol. The third-order valence-corrected chi connectivity index (χ3v) is 5.35. The number of carbonyl (C=O) groups is 1. The lowest BCUT2D eigenvalue weighted by atomic mass is 9.96. The van der Waals surface area contributed by atoms with Crippen molar-refractivity contribution < 1.29 is 22.0 Å². The summed E-state index contributed by atoms with van der Waals surface area (Å²) in [6.45, 7) is 1.64. The van der Waals surface area contributed by atoms with Gasteiger partial charge >= 0.3 is 0 Å². The Morgan fingerprint density at radius 1 is 1.35 bits per heavy atom. The summed E-state index contributed by atoms with van der Waals surface area (Å²) in [4.78, 5) is 10.7. The van der Waals surface area contributed by atoms with E-state index in [1.54, 1.807) is 0 Å². The van der Waals surface area contributed by atoms with Crippen LogP contribution in [0.5, 0.6) is 0 Å². The van der Waals surface area contributed by atoms with Gasteiger partial charge < -0.3 is 0 Å². The zero-order chi connectivity index (χ0) is 14.9. The normalized spacial score (nSPS) is 20.9. The number of carbonyl (C=O) groups excluding carboxylic acids is 1. The number of hydrogen-bond donors (Lipinski definition) is 0. The molecule has 4 nitrogen and oxygen atoms in total. The van der Waals surface area contributed by atoms with E-state index in [0.29, 0.717) is 18.9 Å². The minimum absolute atomic E-state index is 0.0214. The molecular formula is C13H15F2NO3S. The molecule has 0 amide bonds. The van der Waals surface area contributed by atoms with Crippen LogP contribution in [-0.4, -0.2) is 31.6 Å². The van der Waals surface area contributed by atoms with Gasteiger partial charge in [0.05, 0.1) is 0 Å². The van der Waals surface area contributed by atoms with Gasteiger partial charge in [0.15, 0.2) is 0 Å². The van der Waals surface area contributed by atoms with Gasteiger partial charge in [-0.3, -0.25) is 4.79 Å². The maximum absolute atomic E-state index is 13.6. The van der Waals surface area contributed by atoms with Crippen molar-refractivity contribution in [3.63, 3.8) is 0 Å². The molecule has 0 N–H and O–H groups in total. The Kier molecular flexibility index (Phi) is 4.19. The van der Waals surface area contributed by atoms with Crippen LogP contribution >= 0.6 is 0 Å². The van der Waals surface area contributed by atoms with Gasteiger partial charge in [0.25, 0.3) is 0 Å².